The Morgan fingerprint density at radius 2 is 2.14 bits per heavy atom. The smallest absolute Gasteiger partial charge is 0.257 e. The zero-order valence-electron chi connectivity index (χ0n) is 16.8. The maximum absolute atomic E-state index is 12.9. The molecule has 1 aliphatic rings. The third kappa shape index (κ3) is 3.56. The topological polar surface area (TPSA) is 102 Å². The molecule has 0 saturated carbocycles. The molecule has 3 heterocycles. The van der Waals surface area contributed by atoms with Crippen LogP contribution in [0, 0.1) is 0 Å². The number of methoxy groups -OCH3 is 1. The summed E-state index contributed by atoms with van der Waals surface area (Å²) < 4.78 is 13.1. The van der Waals surface area contributed by atoms with Gasteiger partial charge in [0.15, 0.2) is 5.65 Å². The van der Waals surface area contributed by atoms with Crippen LogP contribution in [0.3, 0.4) is 0 Å². The van der Waals surface area contributed by atoms with Crippen molar-refractivity contribution in [1.82, 2.24) is 19.9 Å². The number of benzene rings is 1. The van der Waals surface area contributed by atoms with E-state index in [2.05, 4.69) is 26.0 Å². The van der Waals surface area contributed by atoms with E-state index in [9.17, 15) is 4.79 Å². The van der Waals surface area contributed by atoms with E-state index in [0.29, 0.717) is 35.2 Å². The molecule has 0 unspecified atom stereocenters. The van der Waals surface area contributed by atoms with Gasteiger partial charge < -0.3 is 25.4 Å². The van der Waals surface area contributed by atoms with Crippen molar-refractivity contribution in [3.05, 3.63) is 41.6 Å². The summed E-state index contributed by atoms with van der Waals surface area (Å²) in [5.41, 5.74) is 2.58. The summed E-state index contributed by atoms with van der Waals surface area (Å²) in [6.07, 6.45) is 1.34. The number of nitrogens with zero attached hydrogens (tertiary/aromatic N) is 3. The highest BCUT2D eigenvalue weighted by Gasteiger charge is 2.22. The first-order valence-electron chi connectivity index (χ1n) is 9.43. The van der Waals surface area contributed by atoms with E-state index < -0.39 is 0 Å². The molecule has 4 bridgehead atoms. The summed E-state index contributed by atoms with van der Waals surface area (Å²) in [4.78, 5) is 17.5. The lowest BCUT2D eigenvalue weighted by molar-refractivity contribution is 0.0303. The van der Waals surface area contributed by atoms with Crippen molar-refractivity contribution in [3.63, 3.8) is 0 Å². The minimum atomic E-state index is -0.247. The second-order valence-corrected chi connectivity index (χ2v) is 7.01. The minimum absolute atomic E-state index is 0.182. The molecule has 1 aliphatic heterocycles. The number of hydrogen-bond acceptors (Lipinski definition) is 7. The highest BCUT2D eigenvalue weighted by Crippen LogP contribution is 2.30. The largest absolute Gasteiger partial charge is 0.495 e. The quantitative estimate of drug-likeness (QED) is 0.612. The van der Waals surface area contributed by atoms with E-state index in [-0.39, 0.29) is 18.1 Å². The first kappa shape index (κ1) is 19.0. The average Bonchev–Trinajstić information content (AvgIpc) is 3.15. The SMILES string of the molecule is CNc1cc2nc3c(cnn13)C(=O)N[C@H](C)[C@@H](C)OCc1ccc(OC)c(c1)N2. The summed E-state index contributed by atoms with van der Waals surface area (Å²) >= 11 is 0. The first-order chi connectivity index (χ1) is 14.0. The van der Waals surface area contributed by atoms with Crippen LogP contribution in [0.2, 0.25) is 0 Å². The van der Waals surface area contributed by atoms with Gasteiger partial charge in [0.2, 0.25) is 0 Å². The lowest BCUT2D eigenvalue weighted by Gasteiger charge is -2.22. The maximum Gasteiger partial charge on any atom is 0.257 e. The summed E-state index contributed by atoms with van der Waals surface area (Å²) in [6.45, 7) is 4.26. The number of anilines is 3. The fourth-order valence-electron chi connectivity index (χ4n) is 3.22. The van der Waals surface area contributed by atoms with Gasteiger partial charge in [0.25, 0.3) is 5.91 Å². The summed E-state index contributed by atoms with van der Waals surface area (Å²) in [7, 11) is 3.41. The molecule has 0 fully saturated rings. The van der Waals surface area contributed by atoms with E-state index in [1.165, 1.54) is 6.20 Å². The highest BCUT2D eigenvalue weighted by molar-refractivity contribution is 6.00. The lowest BCUT2D eigenvalue weighted by atomic mass is 10.1. The number of amides is 1. The predicted octanol–water partition coefficient (Wildman–Crippen LogP) is 2.56. The Balaban J connectivity index is 1.89. The molecule has 1 aromatic carbocycles. The van der Waals surface area contributed by atoms with Crippen LogP contribution < -0.4 is 20.7 Å². The number of fused-ring (bicyclic) bond motifs is 3. The standard InChI is InChI=1S/C20H24N6O3/c1-11-12(2)29-10-13-5-6-16(28-4)15(7-13)24-17-8-18(21-3)26-19(25-17)14(9-22-26)20(27)23-11/h5-9,11-12,21H,10H2,1-4H3,(H,23,27)(H,24,25)/t11-,12-/m1/s1. The number of hydrogen-bond donors (Lipinski definition) is 3. The van der Waals surface area contributed by atoms with Gasteiger partial charge in [-0.25, -0.2) is 4.98 Å². The van der Waals surface area contributed by atoms with E-state index in [4.69, 9.17) is 9.47 Å². The monoisotopic (exact) mass is 396 g/mol. The fourth-order valence-corrected chi connectivity index (χ4v) is 3.22. The molecular formula is C20H24N6O3. The van der Waals surface area contributed by atoms with Crippen molar-refractivity contribution in [2.24, 2.45) is 0 Å². The van der Waals surface area contributed by atoms with Crippen molar-refractivity contribution >= 4 is 28.9 Å². The molecule has 2 atom stereocenters. The highest BCUT2D eigenvalue weighted by atomic mass is 16.5. The van der Waals surface area contributed by atoms with E-state index in [0.717, 1.165) is 11.3 Å². The summed E-state index contributed by atoms with van der Waals surface area (Å²) in [6, 6.07) is 7.45. The van der Waals surface area contributed by atoms with Gasteiger partial charge in [0.05, 0.1) is 37.7 Å². The molecule has 0 saturated heterocycles. The third-order valence-corrected chi connectivity index (χ3v) is 5.07. The Bertz CT molecular complexity index is 1060. The normalized spacial score (nSPS) is 19.4. The van der Waals surface area contributed by atoms with Gasteiger partial charge in [-0.05, 0) is 31.5 Å². The second kappa shape index (κ2) is 7.59. The molecule has 0 aliphatic carbocycles. The molecule has 9 nitrogen and oxygen atoms in total. The summed E-state index contributed by atoms with van der Waals surface area (Å²) in [5, 5.41) is 13.7. The zero-order chi connectivity index (χ0) is 20.5. The van der Waals surface area contributed by atoms with Crippen LogP contribution in [0.1, 0.15) is 29.8 Å². The van der Waals surface area contributed by atoms with Gasteiger partial charge in [-0.15, -0.1) is 0 Å². The molecule has 0 radical (unpaired) electrons. The van der Waals surface area contributed by atoms with E-state index in [1.54, 1.807) is 18.7 Å². The number of nitrogens with one attached hydrogen (secondary N) is 3. The number of ether oxygens (including phenoxy) is 2. The van der Waals surface area contributed by atoms with Crippen molar-refractivity contribution in [2.45, 2.75) is 32.6 Å². The molecule has 1 amide bonds. The molecule has 29 heavy (non-hydrogen) atoms. The van der Waals surface area contributed by atoms with Crippen molar-refractivity contribution in [2.75, 3.05) is 24.8 Å². The van der Waals surface area contributed by atoms with Gasteiger partial charge in [-0.1, -0.05) is 6.07 Å². The zero-order valence-corrected chi connectivity index (χ0v) is 16.8. The molecule has 0 spiro atoms. The predicted molar refractivity (Wildman–Crippen MR) is 110 cm³/mol. The van der Waals surface area contributed by atoms with Crippen LogP contribution in [0.5, 0.6) is 5.75 Å². The van der Waals surface area contributed by atoms with E-state index in [1.807, 2.05) is 38.1 Å². The molecular weight excluding hydrogens is 372 g/mol. The number of aromatic nitrogens is 3. The molecule has 2 aromatic heterocycles. The minimum Gasteiger partial charge on any atom is -0.495 e. The lowest BCUT2D eigenvalue weighted by Crippen LogP contribution is -2.41. The molecule has 3 aromatic rings. The number of carbonyl (C=O) groups excluding carboxylic acids is 1. The van der Waals surface area contributed by atoms with Gasteiger partial charge in [-0.2, -0.15) is 9.61 Å². The van der Waals surface area contributed by atoms with Gasteiger partial charge >= 0.3 is 0 Å². The Morgan fingerprint density at radius 1 is 1.31 bits per heavy atom. The van der Waals surface area contributed by atoms with Gasteiger partial charge in [-0.3, -0.25) is 4.79 Å². The van der Waals surface area contributed by atoms with Gasteiger partial charge in [0, 0.05) is 13.1 Å². The Kier molecular flexibility index (Phi) is 4.98. The summed E-state index contributed by atoms with van der Waals surface area (Å²) in [5.74, 6) is 1.69. The number of rotatable bonds is 2. The Labute approximate surface area is 168 Å². The van der Waals surface area contributed by atoms with Crippen LogP contribution in [-0.4, -0.2) is 46.8 Å². The maximum atomic E-state index is 12.9. The average molecular weight is 396 g/mol. The molecule has 3 N–H and O–H groups in total. The molecule has 9 heteroatoms. The third-order valence-electron chi connectivity index (χ3n) is 5.07. The molecule has 152 valence electrons. The van der Waals surface area contributed by atoms with E-state index >= 15 is 0 Å². The van der Waals surface area contributed by atoms with Crippen molar-refractivity contribution < 1.29 is 14.3 Å². The molecule has 4 rings (SSSR count). The fraction of sp³-hybridized carbons (Fsp3) is 0.350. The van der Waals surface area contributed by atoms with Crippen LogP contribution in [0.25, 0.3) is 5.65 Å². The van der Waals surface area contributed by atoms with Crippen molar-refractivity contribution in [3.8, 4) is 5.75 Å². The van der Waals surface area contributed by atoms with Crippen LogP contribution >= 0.6 is 0 Å². The van der Waals surface area contributed by atoms with Crippen LogP contribution in [0.15, 0.2) is 30.5 Å². The van der Waals surface area contributed by atoms with Crippen LogP contribution in [-0.2, 0) is 11.3 Å². The van der Waals surface area contributed by atoms with Gasteiger partial charge in [0.1, 0.15) is 22.9 Å². The Hall–Kier alpha value is -3.33. The van der Waals surface area contributed by atoms with Crippen LogP contribution in [0.4, 0.5) is 17.3 Å². The van der Waals surface area contributed by atoms with Crippen molar-refractivity contribution in [1.29, 1.82) is 0 Å². The number of carbonyl (C=O) groups is 1. The second-order valence-electron chi connectivity index (χ2n) is 7.01. The Morgan fingerprint density at radius 3 is 2.90 bits per heavy atom. The first-order valence-corrected chi connectivity index (χ1v) is 9.43.